The van der Waals surface area contributed by atoms with Crippen molar-refractivity contribution in [1.29, 1.82) is 0 Å². The summed E-state index contributed by atoms with van der Waals surface area (Å²) < 4.78 is 13.0. The normalized spacial score (nSPS) is 10.6. The Labute approximate surface area is 171 Å². The van der Waals surface area contributed by atoms with E-state index in [1.54, 1.807) is 18.6 Å². The van der Waals surface area contributed by atoms with Gasteiger partial charge in [0.1, 0.15) is 18.1 Å². The van der Waals surface area contributed by atoms with Crippen LogP contribution < -0.4 is 15.0 Å². The van der Waals surface area contributed by atoms with Crippen molar-refractivity contribution in [1.82, 2.24) is 4.57 Å². The van der Waals surface area contributed by atoms with Crippen LogP contribution in [0, 0.1) is 13.8 Å². The highest BCUT2D eigenvalue weighted by Crippen LogP contribution is 2.20. The van der Waals surface area contributed by atoms with Gasteiger partial charge in [-0.25, -0.2) is 0 Å². The molecule has 2 aromatic carbocycles. The summed E-state index contributed by atoms with van der Waals surface area (Å²) in [6, 6.07) is 17.6. The Morgan fingerprint density at radius 1 is 1.03 bits per heavy atom. The maximum Gasteiger partial charge on any atom is 0.257 e. The molecule has 0 amide bonds. The molecular formula is C24H26N2O3. The van der Waals surface area contributed by atoms with E-state index in [-0.39, 0.29) is 5.56 Å². The first-order chi connectivity index (χ1) is 14.0. The molecule has 29 heavy (non-hydrogen) atoms. The van der Waals surface area contributed by atoms with Crippen molar-refractivity contribution in [2.75, 3.05) is 7.11 Å². The number of aryl methyl sites for hydroxylation is 1. The van der Waals surface area contributed by atoms with Gasteiger partial charge >= 0.3 is 0 Å². The molecule has 0 aliphatic rings. The van der Waals surface area contributed by atoms with Crippen molar-refractivity contribution < 1.29 is 9.47 Å². The topological polar surface area (TPSA) is 52.8 Å². The van der Waals surface area contributed by atoms with Crippen LogP contribution in [0.5, 0.6) is 11.5 Å². The van der Waals surface area contributed by atoms with E-state index >= 15 is 0 Å². The van der Waals surface area contributed by atoms with Crippen LogP contribution in [0.1, 0.15) is 27.9 Å². The van der Waals surface area contributed by atoms with Gasteiger partial charge < -0.3 is 14.0 Å². The van der Waals surface area contributed by atoms with Crippen LogP contribution in [0.4, 0.5) is 0 Å². The van der Waals surface area contributed by atoms with Gasteiger partial charge in [-0.05, 0) is 55.5 Å². The fraction of sp³-hybridized carbons (Fsp3) is 0.250. The standard InChI is InChI=1S/C24H26N2O3/c1-17-13-23(29-16-21-8-6-5-7-20(21)14-25-3)18(2)24(27)26(17)15-19-9-11-22(28-4)12-10-19/h5-13H,3,14-16H2,1-2,4H3. The van der Waals surface area contributed by atoms with E-state index in [1.807, 2.05) is 61.5 Å². The van der Waals surface area contributed by atoms with Crippen LogP contribution in [-0.2, 0) is 19.7 Å². The summed E-state index contributed by atoms with van der Waals surface area (Å²) in [6.45, 7) is 8.72. The molecule has 150 valence electrons. The number of benzene rings is 2. The van der Waals surface area contributed by atoms with Crippen molar-refractivity contribution in [3.05, 3.63) is 92.9 Å². The number of rotatable bonds is 8. The fourth-order valence-electron chi connectivity index (χ4n) is 3.23. The largest absolute Gasteiger partial charge is 0.497 e. The van der Waals surface area contributed by atoms with E-state index in [9.17, 15) is 4.79 Å². The number of pyridine rings is 1. The van der Waals surface area contributed by atoms with E-state index in [0.29, 0.717) is 31.0 Å². The third-order valence-corrected chi connectivity index (χ3v) is 4.98. The fourth-order valence-corrected chi connectivity index (χ4v) is 3.23. The lowest BCUT2D eigenvalue weighted by Gasteiger charge is -2.16. The van der Waals surface area contributed by atoms with Crippen molar-refractivity contribution in [2.24, 2.45) is 4.99 Å². The first-order valence-corrected chi connectivity index (χ1v) is 9.49. The van der Waals surface area contributed by atoms with E-state index in [1.165, 1.54) is 0 Å². The second-order valence-corrected chi connectivity index (χ2v) is 6.95. The van der Waals surface area contributed by atoms with Crippen LogP contribution >= 0.6 is 0 Å². The average molecular weight is 390 g/mol. The maximum atomic E-state index is 13.0. The molecule has 3 rings (SSSR count). The second kappa shape index (κ2) is 9.24. The SMILES string of the molecule is C=NCc1ccccc1COc1cc(C)n(Cc2ccc(OC)cc2)c(=O)c1C. The molecule has 1 heterocycles. The van der Waals surface area contributed by atoms with Gasteiger partial charge in [0.25, 0.3) is 5.56 Å². The molecule has 0 N–H and O–H groups in total. The summed E-state index contributed by atoms with van der Waals surface area (Å²) in [4.78, 5) is 16.9. The highest BCUT2D eigenvalue weighted by Gasteiger charge is 2.12. The number of methoxy groups -OCH3 is 1. The Bertz CT molecular complexity index is 1050. The predicted octanol–water partition coefficient (Wildman–Crippen LogP) is 4.30. The summed E-state index contributed by atoms with van der Waals surface area (Å²) in [7, 11) is 1.64. The molecule has 0 saturated carbocycles. The zero-order chi connectivity index (χ0) is 20.8. The zero-order valence-electron chi connectivity index (χ0n) is 17.1. The van der Waals surface area contributed by atoms with Gasteiger partial charge in [0.15, 0.2) is 0 Å². The Morgan fingerprint density at radius 3 is 2.38 bits per heavy atom. The first-order valence-electron chi connectivity index (χ1n) is 9.49. The molecule has 0 spiro atoms. The molecule has 0 unspecified atom stereocenters. The molecule has 0 fully saturated rings. The molecule has 0 atom stereocenters. The molecule has 5 nitrogen and oxygen atoms in total. The molecule has 0 radical (unpaired) electrons. The minimum absolute atomic E-state index is 0.0446. The van der Waals surface area contributed by atoms with Crippen LogP contribution in [0.25, 0.3) is 0 Å². The number of hydrogen-bond donors (Lipinski definition) is 0. The minimum atomic E-state index is -0.0446. The average Bonchev–Trinajstić information content (AvgIpc) is 2.74. The Kier molecular flexibility index (Phi) is 6.50. The Hall–Kier alpha value is -3.34. The molecule has 0 saturated heterocycles. The lowest BCUT2D eigenvalue weighted by atomic mass is 10.1. The molecule has 5 heteroatoms. The quantitative estimate of drug-likeness (QED) is 0.539. The van der Waals surface area contributed by atoms with Gasteiger partial charge in [-0.2, -0.15) is 0 Å². The summed E-state index contributed by atoms with van der Waals surface area (Å²) in [6.07, 6.45) is 0. The number of nitrogens with zero attached hydrogens (tertiary/aromatic N) is 2. The highest BCUT2D eigenvalue weighted by molar-refractivity contribution is 5.35. The van der Waals surface area contributed by atoms with Gasteiger partial charge in [0, 0.05) is 5.69 Å². The van der Waals surface area contributed by atoms with Gasteiger partial charge in [0.05, 0.1) is 25.8 Å². The van der Waals surface area contributed by atoms with E-state index < -0.39 is 0 Å². The third kappa shape index (κ3) is 4.74. The van der Waals surface area contributed by atoms with Crippen LogP contribution in [-0.4, -0.2) is 18.4 Å². The molecule has 0 aliphatic heterocycles. The van der Waals surface area contributed by atoms with Crippen LogP contribution in [0.2, 0.25) is 0 Å². The van der Waals surface area contributed by atoms with Crippen molar-refractivity contribution in [3.8, 4) is 11.5 Å². The molecule has 3 aromatic rings. The summed E-state index contributed by atoms with van der Waals surface area (Å²) in [5.74, 6) is 1.41. The van der Waals surface area contributed by atoms with Crippen LogP contribution in [0.3, 0.4) is 0 Å². The van der Waals surface area contributed by atoms with Gasteiger partial charge in [0.2, 0.25) is 0 Å². The molecule has 1 aromatic heterocycles. The Balaban J connectivity index is 1.81. The number of ether oxygens (including phenoxy) is 2. The highest BCUT2D eigenvalue weighted by atomic mass is 16.5. The van der Waals surface area contributed by atoms with Crippen molar-refractivity contribution in [3.63, 3.8) is 0 Å². The van der Waals surface area contributed by atoms with Crippen molar-refractivity contribution in [2.45, 2.75) is 33.5 Å². The van der Waals surface area contributed by atoms with E-state index in [0.717, 1.165) is 28.1 Å². The smallest absolute Gasteiger partial charge is 0.257 e. The monoisotopic (exact) mass is 390 g/mol. The summed E-state index contributed by atoms with van der Waals surface area (Å²) in [5, 5.41) is 0. The third-order valence-electron chi connectivity index (χ3n) is 4.98. The van der Waals surface area contributed by atoms with E-state index in [2.05, 4.69) is 11.7 Å². The summed E-state index contributed by atoms with van der Waals surface area (Å²) >= 11 is 0. The van der Waals surface area contributed by atoms with Gasteiger partial charge in [-0.15, -0.1) is 0 Å². The summed E-state index contributed by atoms with van der Waals surface area (Å²) in [5.41, 5.74) is 4.56. The first kappa shape index (κ1) is 20.4. The molecule has 0 aliphatic carbocycles. The van der Waals surface area contributed by atoms with Gasteiger partial charge in [-0.1, -0.05) is 36.4 Å². The predicted molar refractivity (Wildman–Crippen MR) is 116 cm³/mol. The van der Waals surface area contributed by atoms with Crippen LogP contribution in [0.15, 0.2) is 64.4 Å². The second-order valence-electron chi connectivity index (χ2n) is 6.95. The number of aliphatic imine (C=N–C) groups is 1. The lowest BCUT2D eigenvalue weighted by molar-refractivity contribution is 0.301. The zero-order valence-corrected chi connectivity index (χ0v) is 17.1. The number of aromatic nitrogens is 1. The molecule has 0 bridgehead atoms. The molecular weight excluding hydrogens is 364 g/mol. The Morgan fingerprint density at radius 2 is 1.72 bits per heavy atom. The van der Waals surface area contributed by atoms with Crippen molar-refractivity contribution >= 4 is 6.72 Å². The minimum Gasteiger partial charge on any atom is -0.497 e. The lowest BCUT2D eigenvalue weighted by Crippen LogP contribution is -2.25. The van der Waals surface area contributed by atoms with Gasteiger partial charge in [-0.3, -0.25) is 9.79 Å². The van der Waals surface area contributed by atoms with E-state index in [4.69, 9.17) is 9.47 Å². The maximum absolute atomic E-state index is 13.0. The number of hydrogen-bond acceptors (Lipinski definition) is 4.